The van der Waals surface area contributed by atoms with Crippen LogP contribution in [-0.4, -0.2) is 17.9 Å². The molecule has 2 aromatic rings. The minimum atomic E-state index is -0.704. The Labute approximate surface area is 157 Å². The normalized spacial score (nSPS) is 16.0. The van der Waals surface area contributed by atoms with E-state index in [2.05, 4.69) is 5.32 Å². The van der Waals surface area contributed by atoms with E-state index >= 15 is 0 Å². The van der Waals surface area contributed by atoms with E-state index in [0.717, 1.165) is 16.9 Å². The Balaban J connectivity index is 1.88. The number of halogens is 1. The average Bonchev–Trinajstić information content (AvgIpc) is 2.82. The lowest BCUT2D eigenvalue weighted by atomic mass is 10.1. The predicted molar refractivity (Wildman–Crippen MR) is 101 cm³/mol. The maximum Gasteiger partial charge on any atom is 0.254 e. The van der Waals surface area contributed by atoms with Gasteiger partial charge in [0, 0.05) is 12.5 Å². The molecule has 5 nitrogen and oxygen atoms in total. The van der Waals surface area contributed by atoms with Crippen LogP contribution < -0.4 is 15.0 Å². The molecule has 2 aromatic carbocycles. The number of nitrogens with zero attached hydrogens (tertiary/aromatic N) is 1. The lowest BCUT2D eigenvalue weighted by Crippen LogP contribution is -2.36. The first-order valence-electron chi connectivity index (χ1n) is 8.49. The molecule has 0 radical (unpaired) electrons. The Morgan fingerprint density at radius 1 is 1.23 bits per heavy atom. The van der Waals surface area contributed by atoms with Gasteiger partial charge in [0.1, 0.15) is 11.8 Å². The standard InChI is InChI=1S/C20H21ClN2O3/c1-12(2)26-15-9-7-14(8-10-15)11-23-19-16(5-4-6-17(19)21)18(20(23)25)22-13(3)24/h4-10,12,18H,11H2,1-3H3,(H,22,24)/t18-/m0/s1. The Bertz CT molecular complexity index is 833. The van der Waals surface area contributed by atoms with Crippen molar-refractivity contribution in [3.63, 3.8) is 0 Å². The smallest absolute Gasteiger partial charge is 0.254 e. The molecule has 0 fully saturated rings. The fourth-order valence-electron chi connectivity index (χ4n) is 3.08. The number of amides is 2. The molecule has 0 saturated heterocycles. The summed E-state index contributed by atoms with van der Waals surface area (Å²) < 4.78 is 5.65. The van der Waals surface area contributed by atoms with Crippen LogP contribution in [0.1, 0.15) is 37.9 Å². The van der Waals surface area contributed by atoms with Crippen LogP contribution in [0.2, 0.25) is 5.02 Å². The number of hydrogen-bond donors (Lipinski definition) is 1. The molecule has 0 unspecified atom stereocenters. The van der Waals surface area contributed by atoms with Gasteiger partial charge in [0.25, 0.3) is 5.91 Å². The van der Waals surface area contributed by atoms with Crippen LogP contribution in [0.25, 0.3) is 0 Å². The molecule has 1 aliphatic heterocycles. The van der Waals surface area contributed by atoms with Crippen molar-refractivity contribution in [3.05, 3.63) is 58.6 Å². The van der Waals surface area contributed by atoms with Crippen LogP contribution in [-0.2, 0) is 16.1 Å². The van der Waals surface area contributed by atoms with E-state index in [1.807, 2.05) is 44.2 Å². The van der Waals surface area contributed by atoms with Gasteiger partial charge in [-0.3, -0.25) is 9.59 Å². The second-order valence-electron chi connectivity index (χ2n) is 6.55. The molecule has 0 spiro atoms. The van der Waals surface area contributed by atoms with E-state index in [1.54, 1.807) is 17.0 Å². The van der Waals surface area contributed by atoms with Crippen LogP contribution in [0.4, 0.5) is 5.69 Å². The lowest BCUT2D eigenvalue weighted by Gasteiger charge is -2.19. The van der Waals surface area contributed by atoms with Gasteiger partial charge in [0.15, 0.2) is 0 Å². The molecule has 0 saturated carbocycles. The van der Waals surface area contributed by atoms with Gasteiger partial charge < -0.3 is 15.0 Å². The monoisotopic (exact) mass is 372 g/mol. The number of para-hydroxylation sites is 1. The third-order valence-electron chi connectivity index (χ3n) is 4.10. The molecule has 1 N–H and O–H groups in total. The van der Waals surface area contributed by atoms with E-state index in [0.29, 0.717) is 17.3 Å². The van der Waals surface area contributed by atoms with Crippen LogP contribution in [0.15, 0.2) is 42.5 Å². The Morgan fingerprint density at radius 3 is 2.54 bits per heavy atom. The molecule has 1 atom stereocenters. The lowest BCUT2D eigenvalue weighted by molar-refractivity contribution is -0.126. The molecule has 0 bridgehead atoms. The maximum absolute atomic E-state index is 12.9. The Kier molecular flexibility index (Phi) is 5.18. The van der Waals surface area contributed by atoms with Gasteiger partial charge in [0.2, 0.25) is 5.91 Å². The van der Waals surface area contributed by atoms with Crippen molar-refractivity contribution in [2.45, 2.75) is 39.5 Å². The van der Waals surface area contributed by atoms with Crippen LogP contribution >= 0.6 is 11.6 Å². The number of carbonyl (C=O) groups excluding carboxylic acids is 2. The summed E-state index contributed by atoms with van der Waals surface area (Å²) in [6, 6.07) is 12.3. The zero-order valence-corrected chi connectivity index (χ0v) is 15.7. The highest BCUT2D eigenvalue weighted by atomic mass is 35.5. The summed E-state index contributed by atoms with van der Waals surface area (Å²) >= 11 is 6.35. The van der Waals surface area contributed by atoms with Gasteiger partial charge in [-0.15, -0.1) is 0 Å². The summed E-state index contributed by atoms with van der Waals surface area (Å²) in [5, 5.41) is 3.20. The van der Waals surface area contributed by atoms with Gasteiger partial charge in [-0.05, 0) is 37.6 Å². The molecule has 3 rings (SSSR count). The summed E-state index contributed by atoms with van der Waals surface area (Å²) in [4.78, 5) is 26.0. The minimum absolute atomic E-state index is 0.102. The number of benzene rings is 2. The first-order valence-corrected chi connectivity index (χ1v) is 8.87. The van der Waals surface area contributed by atoms with Crippen molar-refractivity contribution in [2.24, 2.45) is 0 Å². The Hall–Kier alpha value is -2.53. The number of hydrogen-bond acceptors (Lipinski definition) is 3. The van der Waals surface area contributed by atoms with Crippen LogP contribution in [0.3, 0.4) is 0 Å². The van der Waals surface area contributed by atoms with Crippen molar-refractivity contribution in [1.82, 2.24) is 5.32 Å². The largest absolute Gasteiger partial charge is 0.491 e. The van der Waals surface area contributed by atoms with Gasteiger partial charge in [-0.2, -0.15) is 0 Å². The van der Waals surface area contributed by atoms with Crippen molar-refractivity contribution >= 4 is 29.1 Å². The zero-order valence-electron chi connectivity index (χ0n) is 15.0. The number of anilines is 1. The number of carbonyl (C=O) groups is 2. The predicted octanol–water partition coefficient (Wildman–Crippen LogP) is 3.85. The first-order chi connectivity index (χ1) is 12.4. The number of rotatable bonds is 5. The van der Waals surface area contributed by atoms with E-state index in [-0.39, 0.29) is 17.9 Å². The van der Waals surface area contributed by atoms with Gasteiger partial charge >= 0.3 is 0 Å². The van der Waals surface area contributed by atoms with E-state index in [1.165, 1.54) is 6.92 Å². The fourth-order valence-corrected chi connectivity index (χ4v) is 3.36. The highest BCUT2D eigenvalue weighted by Crippen LogP contribution is 2.41. The van der Waals surface area contributed by atoms with Crippen molar-refractivity contribution in [2.75, 3.05) is 4.90 Å². The van der Waals surface area contributed by atoms with Gasteiger partial charge in [0.05, 0.1) is 23.4 Å². The van der Waals surface area contributed by atoms with E-state index in [9.17, 15) is 9.59 Å². The summed E-state index contributed by atoms with van der Waals surface area (Å²) in [6.45, 7) is 5.71. The highest BCUT2D eigenvalue weighted by Gasteiger charge is 2.39. The third-order valence-corrected chi connectivity index (χ3v) is 4.40. The molecule has 136 valence electrons. The van der Waals surface area contributed by atoms with Gasteiger partial charge in [-0.25, -0.2) is 0 Å². The number of ether oxygens (including phenoxy) is 1. The van der Waals surface area contributed by atoms with E-state index < -0.39 is 6.04 Å². The molecule has 1 aliphatic rings. The summed E-state index contributed by atoms with van der Waals surface area (Å²) in [6.07, 6.45) is 0.102. The van der Waals surface area contributed by atoms with Crippen molar-refractivity contribution in [3.8, 4) is 5.75 Å². The van der Waals surface area contributed by atoms with E-state index in [4.69, 9.17) is 16.3 Å². The summed E-state index contributed by atoms with van der Waals surface area (Å²) in [5.74, 6) is 0.336. The molecule has 6 heteroatoms. The zero-order chi connectivity index (χ0) is 18.8. The topological polar surface area (TPSA) is 58.6 Å². The SMILES string of the molecule is CC(=O)N[C@@H]1C(=O)N(Cc2ccc(OC(C)C)cc2)c2c(Cl)cccc21. The molecule has 26 heavy (non-hydrogen) atoms. The Morgan fingerprint density at radius 2 is 1.92 bits per heavy atom. The maximum atomic E-state index is 12.9. The molecule has 0 aromatic heterocycles. The quantitative estimate of drug-likeness (QED) is 0.867. The van der Waals surface area contributed by atoms with Crippen molar-refractivity contribution in [1.29, 1.82) is 0 Å². The minimum Gasteiger partial charge on any atom is -0.491 e. The number of nitrogens with one attached hydrogen (secondary N) is 1. The number of fused-ring (bicyclic) bond motifs is 1. The molecular weight excluding hydrogens is 352 g/mol. The first kappa shape index (κ1) is 18.3. The molecule has 1 heterocycles. The third kappa shape index (κ3) is 3.68. The van der Waals surface area contributed by atoms with Crippen LogP contribution in [0.5, 0.6) is 5.75 Å². The van der Waals surface area contributed by atoms with Gasteiger partial charge in [-0.1, -0.05) is 35.9 Å². The molecular formula is C20H21ClN2O3. The molecule has 2 amide bonds. The molecule has 0 aliphatic carbocycles. The highest BCUT2D eigenvalue weighted by molar-refractivity contribution is 6.34. The summed E-state index contributed by atoms with van der Waals surface area (Å²) in [5.41, 5.74) is 2.32. The average molecular weight is 373 g/mol. The fraction of sp³-hybridized carbons (Fsp3) is 0.300. The second-order valence-corrected chi connectivity index (χ2v) is 6.95. The van der Waals surface area contributed by atoms with Crippen molar-refractivity contribution < 1.29 is 14.3 Å². The summed E-state index contributed by atoms with van der Waals surface area (Å²) in [7, 11) is 0. The second kappa shape index (κ2) is 7.38. The van der Waals surface area contributed by atoms with Crippen LogP contribution in [0, 0.1) is 0 Å².